The van der Waals surface area contributed by atoms with E-state index in [4.69, 9.17) is 10.2 Å². The van der Waals surface area contributed by atoms with E-state index < -0.39 is 4.92 Å². The van der Waals surface area contributed by atoms with Gasteiger partial charge in [-0.3, -0.25) is 15.1 Å². The molecule has 0 bridgehead atoms. The van der Waals surface area contributed by atoms with Gasteiger partial charge in [-0.05, 0) is 19.1 Å². The Morgan fingerprint density at radius 1 is 1.24 bits per heavy atom. The molecule has 21 heavy (non-hydrogen) atoms. The topological polar surface area (TPSA) is 99.7 Å². The molecular weight excluding hydrogens is 274 g/mol. The highest BCUT2D eigenvalue weighted by molar-refractivity contribution is 5.99. The second-order valence-corrected chi connectivity index (χ2v) is 4.67. The van der Waals surface area contributed by atoms with E-state index in [-0.39, 0.29) is 18.9 Å². The fourth-order valence-electron chi connectivity index (χ4n) is 2.34. The number of aliphatic hydroxyl groups is 2. The van der Waals surface area contributed by atoms with Gasteiger partial charge in [0, 0.05) is 42.1 Å². The summed E-state index contributed by atoms with van der Waals surface area (Å²) < 4.78 is 0. The lowest BCUT2D eigenvalue weighted by molar-refractivity contribution is -0.383. The average molecular weight is 291 g/mol. The molecule has 2 N–H and O–H groups in total. The van der Waals surface area contributed by atoms with E-state index in [0.717, 1.165) is 11.4 Å². The largest absolute Gasteiger partial charge is 0.395 e. The first kappa shape index (κ1) is 15.1. The number of anilines is 1. The van der Waals surface area contributed by atoms with Crippen LogP contribution in [0.2, 0.25) is 0 Å². The van der Waals surface area contributed by atoms with Crippen molar-refractivity contribution < 1.29 is 15.1 Å². The molecule has 0 radical (unpaired) electrons. The predicted molar refractivity (Wildman–Crippen MR) is 79.5 cm³/mol. The molecule has 0 atom stereocenters. The van der Waals surface area contributed by atoms with E-state index in [1.165, 1.54) is 12.3 Å². The van der Waals surface area contributed by atoms with Gasteiger partial charge in [0.25, 0.3) is 5.69 Å². The molecule has 7 heteroatoms. The summed E-state index contributed by atoms with van der Waals surface area (Å²) in [5, 5.41) is 30.6. The summed E-state index contributed by atoms with van der Waals surface area (Å²) in [4.78, 5) is 16.6. The molecule has 2 rings (SSSR count). The van der Waals surface area contributed by atoms with E-state index in [9.17, 15) is 10.1 Å². The van der Waals surface area contributed by atoms with Crippen molar-refractivity contribution in [2.75, 3.05) is 31.2 Å². The van der Waals surface area contributed by atoms with Gasteiger partial charge < -0.3 is 15.1 Å². The van der Waals surface area contributed by atoms with Crippen LogP contribution in [0.15, 0.2) is 24.4 Å². The van der Waals surface area contributed by atoms with Crippen LogP contribution < -0.4 is 4.90 Å². The molecule has 0 spiro atoms. The number of fused-ring (bicyclic) bond motifs is 1. The highest BCUT2D eigenvalue weighted by atomic mass is 16.6. The first-order valence-corrected chi connectivity index (χ1v) is 6.59. The molecule has 1 aromatic carbocycles. The van der Waals surface area contributed by atoms with Crippen molar-refractivity contribution in [2.45, 2.75) is 6.92 Å². The van der Waals surface area contributed by atoms with Crippen LogP contribution in [0.4, 0.5) is 11.4 Å². The highest BCUT2D eigenvalue weighted by Gasteiger charge is 2.18. The van der Waals surface area contributed by atoms with Crippen LogP contribution in [0.5, 0.6) is 0 Å². The van der Waals surface area contributed by atoms with Gasteiger partial charge in [0.15, 0.2) is 0 Å². The standard InChI is InChI=1S/C14H17N3O4/c1-10-8-11-12(9-15-10)14(17(20)21)3-2-13(11)16(4-6-18)5-7-19/h2-3,8-9,18-19H,4-7H2,1H3. The van der Waals surface area contributed by atoms with Crippen molar-refractivity contribution in [1.82, 2.24) is 4.98 Å². The Morgan fingerprint density at radius 3 is 2.48 bits per heavy atom. The molecule has 0 aliphatic carbocycles. The highest BCUT2D eigenvalue weighted by Crippen LogP contribution is 2.33. The van der Waals surface area contributed by atoms with Gasteiger partial charge in [-0.1, -0.05) is 0 Å². The number of hydrogen-bond acceptors (Lipinski definition) is 6. The smallest absolute Gasteiger partial charge is 0.278 e. The lowest BCUT2D eigenvalue weighted by Gasteiger charge is -2.24. The predicted octanol–water partition coefficient (Wildman–Crippen LogP) is 1.24. The monoisotopic (exact) mass is 291 g/mol. The van der Waals surface area contributed by atoms with Crippen LogP contribution in [0.1, 0.15) is 5.69 Å². The fourth-order valence-corrected chi connectivity index (χ4v) is 2.34. The van der Waals surface area contributed by atoms with E-state index in [1.807, 2.05) is 6.92 Å². The third-order valence-electron chi connectivity index (χ3n) is 3.27. The maximum absolute atomic E-state index is 11.1. The molecule has 1 aromatic heterocycles. The van der Waals surface area contributed by atoms with Gasteiger partial charge >= 0.3 is 0 Å². The summed E-state index contributed by atoms with van der Waals surface area (Å²) in [7, 11) is 0. The van der Waals surface area contributed by atoms with Crippen LogP contribution in [0.25, 0.3) is 10.8 Å². The zero-order valence-corrected chi connectivity index (χ0v) is 11.7. The van der Waals surface area contributed by atoms with Crippen LogP contribution in [-0.4, -0.2) is 46.4 Å². The van der Waals surface area contributed by atoms with Crippen LogP contribution in [-0.2, 0) is 0 Å². The molecule has 0 saturated carbocycles. The third-order valence-corrected chi connectivity index (χ3v) is 3.27. The van der Waals surface area contributed by atoms with Crippen molar-refractivity contribution in [3.63, 3.8) is 0 Å². The summed E-state index contributed by atoms with van der Waals surface area (Å²) >= 11 is 0. The minimum absolute atomic E-state index is 0.00537. The van der Waals surface area contributed by atoms with Crippen molar-refractivity contribution in [3.05, 3.63) is 40.2 Å². The molecule has 0 aliphatic rings. The number of benzene rings is 1. The van der Waals surface area contributed by atoms with Crippen molar-refractivity contribution >= 4 is 22.1 Å². The Kier molecular flexibility index (Phi) is 4.66. The molecule has 0 amide bonds. The zero-order valence-electron chi connectivity index (χ0n) is 11.7. The maximum atomic E-state index is 11.1. The molecule has 0 aliphatic heterocycles. The number of nitro groups is 1. The number of pyridine rings is 1. The molecule has 2 aromatic rings. The second-order valence-electron chi connectivity index (χ2n) is 4.67. The molecule has 0 saturated heterocycles. The number of non-ortho nitro benzene ring substituents is 1. The maximum Gasteiger partial charge on any atom is 0.278 e. The summed E-state index contributed by atoms with van der Waals surface area (Å²) in [6.45, 7) is 2.36. The number of nitrogens with zero attached hydrogens (tertiary/aromatic N) is 3. The second kappa shape index (κ2) is 6.47. The van der Waals surface area contributed by atoms with E-state index in [2.05, 4.69) is 4.98 Å². The van der Waals surface area contributed by atoms with Crippen LogP contribution in [0, 0.1) is 17.0 Å². The van der Waals surface area contributed by atoms with Gasteiger partial charge in [0.05, 0.1) is 23.5 Å². The Morgan fingerprint density at radius 2 is 1.90 bits per heavy atom. The molecule has 1 heterocycles. The van der Waals surface area contributed by atoms with E-state index in [0.29, 0.717) is 23.9 Å². The summed E-state index contributed by atoms with van der Waals surface area (Å²) in [6, 6.07) is 4.85. The number of aliphatic hydroxyl groups excluding tert-OH is 2. The fraction of sp³-hybridized carbons (Fsp3) is 0.357. The molecule has 112 valence electrons. The minimum Gasteiger partial charge on any atom is -0.395 e. The van der Waals surface area contributed by atoms with Gasteiger partial charge in [0.2, 0.25) is 0 Å². The lowest BCUT2D eigenvalue weighted by Crippen LogP contribution is -2.29. The van der Waals surface area contributed by atoms with Gasteiger partial charge in [-0.25, -0.2) is 0 Å². The number of rotatable bonds is 6. The average Bonchev–Trinajstić information content (AvgIpc) is 2.45. The SMILES string of the molecule is Cc1cc2c(N(CCO)CCO)ccc([N+](=O)[O-])c2cn1. The Bertz CT molecular complexity index is 654. The molecule has 0 unspecified atom stereocenters. The number of hydrogen-bond donors (Lipinski definition) is 2. The normalized spacial score (nSPS) is 10.8. The summed E-state index contributed by atoms with van der Waals surface area (Å²) in [6.07, 6.45) is 1.49. The lowest BCUT2D eigenvalue weighted by atomic mass is 10.1. The van der Waals surface area contributed by atoms with Gasteiger partial charge in [-0.2, -0.15) is 0 Å². The first-order valence-electron chi connectivity index (χ1n) is 6.59. The third kappa shape index (κ3) is 3.09. The zero-order chi connectivity index (χ0) is 15.4. The minimum atomic E-state index is -0.439. The number of aromatic nitrogens is 1. The van der Waals surface area contributed by atoms with Gasteiger partial charge in [0.1, 0.15) is 0 Å². The van der Waals surface area contributed by atoms with Crippen molar-refractivity contribution in [1.29, 1.82) is 0 Å². The Balaban J connectivity index is 2.66. The summed E-state index contributed by atoms with van der Waals surface area (Å²) in [5.74, 6) is 0. The number of aryl methyl sites for hydroxylation is 1. The van der Waals surface area contributed by atoms with Crippen LogP contribution >= 0.6 is 0 Å². The number of nitro benzene ring substituents is 1. The Hall–Kier alpha value is -2.25. The van der Waals surface area contributed by atoms with E-state index >= 15 is 0 Å². The van der Waals surface area contributed by atoms with Crippen LogP contribution in [0.3, 0.4) is 0 Å². The molecule has 0 fully saturated rings. The molecular formula is C14H17N3O4. The van der Waals surface area contributed by atoms with Crippen molar-refractivity contribution in [2.24, 2.45) is 0 Å². The van der Waals surface area contributed by atoms with Gasteiger partial charge in [-0.15, -0.1) is 0 Å². The quantitative estimate of drug-likeness (QED) is 0.613. The Labute approximate surface area is 121 Å². The summed E-state index contributed by atoms with van der Waals surface area (Å²) in [5.41, 5.74) is 1.48. The van der Waals surface area contributed by atoms with Crippen molar-refractivity contribution in [3.8, 4) is 0 Å². The van der Waals surface area contributed by atoms with E-state index in [1.54, 1.807) is 17.0 Å². The molecule has 7 nitrogen and oxygen atoms in total. The first-order chi connectivity index (χ1) is 10.1.